The Bertz CT molecular complexity index is 696. The summed E-state index contributed by atoms with van der Waals surface area (Å²) in [6.07, 6.45) is 0. The number of hydrogen-bond donors (Lipinski definition) is 1. The van der Waals surface area contributed by atoms with Crippen molar-refractivity contribution < 1.29 is 9.53 Å². The van der Waals surface area contributed by atoms with Gasteiger partial charge in [0.1, 0.15) is 5.75 Å². The number of carbonyl (C=O) groups is 1. The van der Waals surface area contributed by atoms with Crippen LogP contribution in [-0.4, -0.2) is 12.5 Å². The molecule has 6 heteroatoms. The number of amides is 1. The van der Waals surface area contributed by atoms with Gasteiger partial charge in [0, 0.05) is 10.2 Å². The first-order valence-corrected chi connectivity index (χ1v) is 8.06. The first-order chi connectivity index (χ1) is 10.4. The molecular formula is C16H14BrCl2NO2. The fraction of sp³-hybridized carbons (Fsp3) is 0.188. The van der Waals surface area contributed by atoms with Gasteiger partial charge in [0.25, 0.3) is 5.91 Å². The molecule has 116 valence electrons. The Morgan fingerprint density at radius 3 is 2.36 bits per heavy atom. The van der Waals surface area contributed by atoms with Crippen LogP contribution in [0.3, 0.4) is 0 Å². The summed E-state index contributed by atoms with van der Waals surface area (Å²) in [5.41, 5.74) is 2.69. The van der Waals surface area contributed by atoms with E-state index in [9.17, 15) is 4.79 Å². The van der Waals surface area contributed by atoms with Gasteiger partial charge in [-0.2, -0.15) is 0 Å². The van der Waals surface area contributed by atoms with Gasteiger partial charge >= 0.3 is 0 Å². The fourth-order valence-electron chi connectivity index (χ4n) is 1.91. The zero-order valence-corrected chi connectivity index (χ0v) is 15.1. The van der Waals surface area contributed by atoms with Gasteiger partial charge in [0.15, 0.2) is 6.61 Å². The van der Waals surface area contributed by atoms with Crippen LogP contribution in [0, 0.1) is 13.8 Å². The molecule has 0 aromatic heterocycles. The second kappa shape index (κ2) is 7.36. The average molecular weight is 403 g/mol. The molecule has 0 saturated carbocycles. The lowest BCUT2D eigenvalue weighted by molar-refractivity contribution is -0.118. The van der Waals surface area contributed by atoms with Crippen molar-refractivity contribution in [3.05, 3.63) is 56.0 Å². The van der Waals surface area contributed by atoms with Gasteiger partial charge in [-0.25, -0.2) is 0 Å². The molecule has 2 aromatic rings. The normalized spacial score (nSPS) is 10.4. The van der Waals surface area contributed by atoms with Gasteiger partial charge < -0.3 is 10.1 Å². The molecule has 1 amide bonds. The quantitative estimate of drug-likeness (QED) is 0.744. The SMILES string of the molecule is Cc1cc(OCC(=O)Nc2ccc(Cl)c(Cl)c2)cc(C)c1Br. The third-order valence-electron chi connectivity index (χ3n) is 2.98. The molecule has 0 saturated heterocycles. The lowest BCUT2D eigenvalue weighted by Gasteiger charge is -2.11. The number of rotatable bonds is 4. The van der Waals surface area contributed by atoms with Crippen molar-refractivity contribution in [3.8, 4) is 5.75 Å². The third kappa shape index (κ3) is 4.38. The molecule has 0 bridgehead atoms. The van der Waals surface area contributed by atoms with E-state index in [-0.39, 0.29) is 12.5 Å². The van der Waals surface area contributed by atoms with E-state index in [0.717, 1.165) is 15.6 Å². The average Bonchev–Trinajstić information content (AvgIpc) is 2.46. The first-order valence-electron chi connectivity index (χ1n) is 6.51. The molecule has 1 N–H and O–H groups in total. The van der Waals surface area contributed by atoms with E-state index in [1.807, 2.05) is 26.0 Å². The van der Waals surface area contributed by atoms with E-state index in [0.29, 0.717) is 21.5 Å². The van der Waals surface area contributed by atoms with Crippen LogP contribution in [0.25, 0.3) is 0 Å². The molecule has 0 fully saturated rings. The topological polar surface area (TPSA) is 38.3 Å². The van der Waals surface area contributed by atoms with Crippen LogP contribution in [0.4, 0.5) is 5.69 Å². The molecule has 0 radical (unpaired) electrons. The van der Waals surface area contributed by atoms with Crippen molar-refractivity contribution in [3.63, 3.8) is 0 Å². The van der Waals surface area contributed by atoms with Crippen molar-refractivity contribution in [2.75, 3.05) is 11.9 Å². The van der Waals surface area contributed by atoms with Crippen LogP contribution in [0.5, 0.6) is 5.75 Å². The van der Waals surface area contributed by atoms with Crippen molar-refractivity contribution in [2.24, 2.45) is 0 Å². The summed E-state index contributed by atoms with van der Waals surface area (Å²) in [5.74, 6) is 0.388. The van der Waals surface area contributed by atoms with E-state index in [1.54, 1.807) is 18.2 Å². The van der Waals surface area contributed by atoms with Crippen LogP contribution in [-0.2, 0) is 4.79 Å². The standard InChI is InChI=1S/C16H14BrCl2NO2/c1-9-5-12(6-10(2)16(9)17)22-8-15(21)20-11-3-4-13(18)14(19)7-11/h3-7H,8H2,1-2H3,(H,20,21). The van der Waals surface area contributed by atoms with Crippen LogP contribution in [0.2, 0.25) is 10.0 Å². The van der Waals surface area contributed by atoms with Crippen molar-refractivity contribution in [1.82, 2.24) is 0 Å². The number of carbonyl (C=O) groups excluding carboxylic acids is 1. The zero-order valence-electron chi connectivity index (χ0n) is 12.0. The zero-order chi connectivity index (χ0) is 16.3. The van der Waals surface area contributed by atoms with E-state index in [4.69, 9.17) is 27.9 Å². The summed E-state index contributed by atoms with van der Waals surface area (Å²) >= 11 is 15.2. The maximum atomic E-state index is 11.9. The van der Waals surface area contributed by atoms with E-state index in [1.165, 1.54) is 0 Å². The number of benzene rings is 2. The molecule has 0 heterocycles. The Kier molecular flexibility index (Phi) is 5.73. The van der Waals surface area contributed by atoms with E-state index in [2.05, 4.69) is 21.2 Å². The summed E-state index contributed by atoms with van der Waals surface area (Å²) in [7, 11) is 0. The maximum Gasteiger partial charge on any atom is 0.262 e. The second-order valence-corrected chi connectivity index (χ2v) is 6.44. The first kappa shape index (κ1) is 17.1. The molecular weight excluding hydrogens is 389 g/mol. The highest BCUT2D eigenvalue weighted by atomic mass is 79.9. The van der Waals surface area contributed by atoms with Crippen LogP contribution < -0.4 is 10.1 Å². The predicted octanol–water partition coefficient (Wildman–Crippen LogP) is 5.39. The molecule has 22 heavy (non-hydrogen) atoms. The number of nitrogens with one attached hydrogen (secondary N) is 1. The number of ether oxygens (including phenoxy) is 1. The minimum Gasteiger partial charge on any atom is -0.484 e. The monoisotopic (exact) mass is 401 g/mol. The Balaban J connectivity index is 1.96. The molecule has 0 aliphatic carbocycles. The largest absolute Gasteiger partial charge is 0.484 e. The Morgan fingerprint density at radius 1 is 1.14 bits per heavy atom. The van der Waals surface area contributed by atoms with Gasteiger partial charge in [-0.05, 0) is 55.3 Å². The molecule has 2 rings (SSSR count). The van der Waals surface area contributed by atoms with Crippen LogP contribution >= 0.6 is 39.1 Å². The highest BCUT2D eigenvalue weighted by Crippen LogP contribution is 2.27. The van der Waals surface area contributed by atoms with Crippen LogP contribution in [0.1, 0.15) is 11.1 Å². The van der Waals surface area contributed by atoms with Crippen molar-refractivity contribution in [1.29, 1.82) is 0 Å². The van der Waals surface area contributed by atoms with Gasteiger partial charge in [-0.15, -0.1) is 0 Å². The molecule has 0 unspecified atom stereocenters. The van der Waals surface area contributed by atoms with Gasteiger partial charge in [0.05, 0.1) is 10.0 Å². The highest BCUT2D eigenvalue weighted by Gasteiger charge is 2.08. The summed E-state index contributed by atoms with van der Waals surface area (Å²) in [6, 6.07) is 8.66. The third-order valence-corrected chi connectivity index (χ3v) is 4.97. The molecule has 0 aliphatic heterocycles. The lowest BCUT2D eigenvalue weighted by atomic mass is 10.1. The van der Waals surface area contributed by atoms with Gasteiger partial charge in [-0.1, -0.05) is 39.1 Å². The summed E-state index contributed by atoms with van der Waals surface area (Å²) in [4.78, 5) is 11.9. The van der Waals surface area contributed by atoms with Gasteiger partial charge in [0.2, 0.25) is 0 Å². The number of aryl methyl sites for hydroxylation is 2. The Labute approximate surface area is 147 Å². The highest BCUT2D eigenvalue weighted by molar-refractivity contribution is 9.10. The Hall–Kier alpha value is -1.23. The minimum atomic E-state index is -0.267. The van der Waals surface area contributed by atoms with Gasteiger partial charge in [-0.3, -0.25) is 4.79 Å². The van der Waals surface area contributed by atoms with E-state index < -0.39 is 0 Å². The number of anilines is 1. The summed E-state index contributed by atoms with van der Waals surface area (Å²) in [6.45, 7) is 3.86. The molecule has 0 atom stereocenters. The van der Waals surface area contributed by atoms with E-state index >= 15 is 0 Å². The number of halogens is 3. The molecule has 0 aliphatic rings. The minimum absolute atomic E-state index is 0.0826. The molecule has 3 nitrogen and oxygen atoms in total. The van der Waals surface area contributed by atoms with Crippen molar-refractivity contribution >= 4 is 50.7 Å². The fourth-order valence-corrected chi connectivity index (χ4v) is 2.44. The maximum absolute atomic E-state index is 11.9. The molecule has 2 aromatic carbocycles. The summed E-state index contributed by atoms with van der Waals surface area (Å²) < 4.78 is 6.56. The number of hydrogen-bond acceptors (Lipinski definition) is 2. The van der Waals surface area contributed by atoms with Crippen LogP contribution in [0.15, 0.2) is 34.8 Å². The second-order valence-electron chi connectivity index (χ2n) is 4.84. The predicted molar refractivity (Wildman–Crippen MR) is 94.2 cm³/mol. The summed E-state index contributed by atoms with van der Waals surface area (Å²) in [5, 5.41) is 3.53. The lowest BCUT2D eigenvalue weighted by Crippen LogP contribution is -2.20. The van der Waals surface area contributed by atoms with Crippen molar-refractivity contribution in [2.45, 2.75) is 13.8 Å². The Morgan fingerprint density at radius 2 is 1.77 bits per heavy atom. The molecule has 0 spiro atoms. The smallest absolute Gasteiger partial charge is 0.262 e.